The monoisotopic (exact) mass is 227 g/mol. The average molecular weight is 227 g/mol. The quantitative estimate of drug-likeness (QED) is 0.626. The zero-order valence-corrected chi connectivity index (χ0v) is 9.49. The Balaban J connectivity index is 2.49. The molecule has 17 heavy (non-hydrogen) atoms. The molecule has 0 saturated heterocycles. The number of benzene rings is 1. The second-order valence-electron chi connectivity index (χ2n) is 3.87. The first-order valence-electron chi connectivity index (χ1n) is 5.57. The Hall–Kier alpha value is -2.30. The van der Waals surface area contributed by atoms with E-state index in [2.05, 4.69) is 27.4 Å². The molecule has 0 aliphatic carbocycles. The Morgan fingerprint density at radius 1 is 1.35 bits per heavy atom. The van der Waals surface area contributed by atoms with Crippen molar-refractivity contribution in [3.8, 4) is 0 Å². The number of H-pyrrole nitrogens is 1. The lowest BCUT2D eigenvalue weighted by Crippen LogP contribution is -2.00. The van der Waals surface area contributed by atoms with Crippen molar-refractivity contribution in [1.29, 1.82) is 0 Å². The van der Waals surface area contributed by atoms with Gasteiger partial charge in [-0.05, 0) is 13.0 Å². The van der Waals surface area contributed by atoms with Gasteiger partial charge < -0.3 is 11.1 Å². The molecule has 2 aromatic heterocycles. The molecule has 0 unspecified atom stereocenters. The number of rotatable bonds is 2. The number of aromatic amines is 1. The largest absolute Gasteiger partial charge is 0.384 e. The van der Waals surface area contributed by atoms with E-state index in [1.807, 2.05) is 24.3 Å². The minimum absolute atomic E-state index is 0.550. The first-order valence-corrected chi connectivity index (χ1v) is 5.57. The molecule has 0 spiro atoms. The highest BCUT2D eigenvalue weighted by atomic mass is 15.2. The Morgan fingerprint density at radius 3 is 3.00 bits per heavy atom. The summed E-state index contributed by atoms with van der Waals surface area (Å²) in [6.07, 6.45) is 0. The molecule has 0 atom stereocenters. The van der Waals surface area contributed by atoms with E-state index in [1.54, 1.807) is 0 Å². The molecule has 0 radical (unpaired) electrons. The zero-order chi connectivity index (χ0) is 11.8. The van der Waals surface area contributed by atoms with Crippen LogP contribution in [0.15, 0.2) is 24.3 Å². The van der Waals surface area contributed by atoms with E-state index < -0.39 is 0 Å². The molecule has 86 valence electrons. The number of para-hydroxylation sites is 1. The molecule has 0 aliphatic heterocycles. The molecule has 3 aromatic rings. The molecule has 0 amide bonds. The predicted molar refractivity (Wildman–Crippen MR) is 70.0 cm³/mol. The van der Waals surface area contributed by atoms with Gasteiger partial charge in [0.15, 0.2) is 5.65 Å². The van der Waals surface area contributed by atoms with Crippen molar-refractivity contribution < 1.29 is 0 Å². The van der Waals surface area contributed by atoms with Crippen molar-refractivity contribution in [2.75, 3.05) is 17.6 Å². The second kappa shape index (κ2) is 3.62. The summed E-state index contributed by atoms with van der Waals surface area (Å²) >= 11 is 0. The van der Waals surface area contributed by atoms with E-state index in [-0.39, 0.29) is 0 Å². The van der Waals surface area contributed by atoms with E-state index in [0.29, 0.717) is 11.5 Å². The lowest BCUT2D eigenvalue weighted by atomic mass is 10.1. The zero-order valence-electron chi connectivity index (χ0n) is 9.49. The van der Waals surface area contributed by atoms with Crippen LogP contribution in [0.5, 0.6) is 0 Å². The summed E-state index contributed by atoms with van der Waals surface area (Å²) in [5.74, 6) is 0.550. The van der Waals surface area contributed by atoms with E-state index in [9.17, 15) is 0 Å². The SMILES string of the molecule is CCNc1c2ccccc2nc2n[nH]c(N)c12. The maximum Gasteiger partial charge on any atom is 0.185 e. The van der Waals surface area contributed by atoms with Crippen LogP contribution in [-0.2, 0) is 0 Å². The molecule has 1 aromatic carbocycles. The van der Waals surface area contributed by atoms with Gasteiger partial charge in [-0.15, -0.1) is 0 Å². The fourth-order valence-electron chi connectivity index (χ4n) is 2.06. The van der Waals surface area contributed by atoms with Gasteiger partial charge in [0.2, 0.25) is 0 Å². The third-order valence-corrected chi connectivity index (χ3v) is 2.78. The Labute approximate surface area is 98.0 Å². The van der Waals surface area contributed by atoms with Crippen LogP contribution in [0.4, 0.5) is 11.5 Å². The molecule has 0 bridgehead atoms. The van der Waals surface area contributed by atoms with Crippen LogP contribution in [0, 0.1) is 0 Å². The summed E-state index contributed by atoms with van der Waals surface area (Å²) in [5, 5.41) is 12.2. The van der Waals surface area contributed by atoms with Crippen LogP contribution in [-0.4, -0.2) is 21.7 Å². The minimum atomic E-state index is 0.550. The van der Waals surface area contributed by atoms with Gasteiger partial charge in [0, 0.05) is 11.9 Å². The number of anilines is 2. The van der Waals surface area contributed by atoms with Gasteiger partial charge in [-0.2, -0.15) is 5.10 Å². The van der Waals surface area contributed by atoms with Crippen LogP contribution >= 0.6 is 0 Å². The lowest BCUT2D eigenvalue weighted by Gasteiger charge is -2.09. The lowest BCUT2D eigenvalue weighted by molar-refractivity contribution is 1.11. The number of pyridine rings is 1. The van der Waals surface area contributed by atoms with E-state index in [4.69, 9.17) is 5.73 Å². The molecule has 0 fully saturated rings. The highest BCUT2D eigenvalue weighted by molar-refractivity contribution is 6.10. The first kappa shape index (κ1) is 9.89. The van der Waals surface area contributed by atoms with Gasteiger partial charge in [0.25, 0.3) is 0 Å². The number of hydrogen-bond donors (Lipinski definition) is 3. The predicted octanol–water partition coefficient (Wildman–Crippen LogP) is 2.13. The maximum absolute atomic E-state index is 5.90. The summed E-state index contributed by atoms with van der Waals surface area (Å²) in [7, 11) is 0. The van der Waals surface area contributed by atoms with Crippen molar-refractivity contribution in [2.45, 2.75) is 6.92 Å². The van der Waals surface area contributed by atoms with Gasteiger partial charge in [-0.3, -0.25) is 5.10 Å². The number of aromatic nitrogens is 3. The molecule has 5 heteroatoms. The number of fused-ring (bicyclic) bond motifs is 2. The van der Waals surface area contributed by atoms with Crippen molar-refractivity contribution in [1.82, 2.24) is 15.2 Å². The molecule has 4 N–H and O–H groups in total. The number of nitrogens with one attached hydrogen (secondary N) is 2. The Bertz CT molecular complexity index is 686. The number of nitrogens with two attached hydrogens (primary N) is 1. The van der Waals surface area contributed by atoms with E-state index in [1.165, 1.54) is 0 Å². The maximum atomic E-state index is 5.90. The molecular weight excluding hydrogens is 214 g/mol. The van der Waals surface area contributed by atoms with Crippen LogP contribution in [0.3, 0.4) is 0 Å². The van der Waals surface area contributed by atoms with Crippen molar-refractivity contribution in [2.24, 2.45) is 0 Å². The fourth-order valence-corrected chi connectivity index (χ4v) is 2.06. The molecular formula is C12H13N5. The Kier molecular flexibility index (Phi) is 2.11. The Morgan fingerprint density at radius 2 is 2.18 bits per heavy atom. The third kappa shape index (κ3) is 1.39. The van der Waals surface area contributed by atoms with Crippen LogP contribution < -0.4 is 11.1 Å². The van der Waals surface area contributed by atoms with E-state index in [0.717, 1.165) is 28.5 Å². The average Bonchev–Trinajstić information content (AvgIpc) is 2.71. The number of nitrogen functional groups attached to an aromatic ring is 1. The van der Waals surface area contributed by atoms with E-state index >= 15 is 0 Å². The smallest absolute Gasteiger partial charge is 0.185 e. The fraction of sp³-hybridized carbons (Fsp3) is 0.167. The molecule has 2 heterocycles. The van der Waals surface area contributed by atoms with Crippen LogP contribution in [0.2, 0.25) is 0 Å². The molecule has 3 rings (SSSR count). The summed E-state index contributed by atoms with van der Waals surface area (Å²) < 4.78 is 0. The van der Waals surface area contributed by atoms with Crippen molar-refractivity contribution in [3.05, 3.63) is 24.3 Å². The summed E-state index contributed by atoms with van der Waals surface area (Å²) in [5.41, 5.74) is 8.47. The van der Waals surface area contributed by atoms with Crippen LogP contribution in [0.25, 0.3) is 21.9 Å². The summed E-state index contributed by atoms with van der Waals surface area (Å²) in [6.45, 7) is 2.88. The van der Waals surface area contributed by atoms with Crippen LogP contribution in [0.1, 0.15) is 6.92 Å². The van der Waals surface area contributed by atoms with Gasteiger partial charge >= 0.3 is 0 Å². The van der Waals surface area contributed by atoms with Gasteiger partial charge in [-0.1, -0.05) is 18.2 Å². The second-order valence-corrected chi connectivity index (χ2v) is 3.87. The molecule has 5 nitrogen and oxygen atoms in total. The standard InChI is InChI=1S/C12H13N5/c1-2-14-10-7-5-3-4-6-8(7)15-12-9(10)11(13)16-17-12/h3-6H,2H2,1H3,(H4,13,14,15,16,17). The minimum Gasteiger partial charge on any atom is -0.384 e. The first-order chi connectivity index (χ1) is 8.31. The third-order valence-electron chi connectivity index (χ3n) is 2.78. The summed E-state index contributed by atoms with van der Waals surface area (Å²) in [6, 6.07) is 7.96. The van der Waals surface area contributed by atoms with Gasteiger partial charge in [-0.25, -0.2) is 4.98 Å². The highest BCUT2D eigenvalue weighted by Gasteiger charge is 2.12. The van der Waals surface area contributed by atoms with Gasteiger partial charge in [0.1, 0.15) is 5.82 Å². The number of nitrogens with zero attached hydrogens (tertiary/aromatic N) is 2. The normalized spacial score (nSPS) is 11.1. The van der Waals surface area contributed by atoms with Crippen molar-refractivity contribution >= 4 is 33.4 Å². The van der Waals surface area contributed by atoms with Gasteiger partial charge in [0.05, 0.1) is 16.6 Å². The summed E-state index contributed by atoms with van der Waals surface area (Å²) in [4.78, 5) is 4.48. The highest BCUT2D eigenvalue weighted by Crippen LogP contribution is 2.32. The molecule has 0 saturated carbocycles. The topological polar surface area (TPSA) is 79.6 Å². The number of hydrogen-bond acceptors (Lipinski definition) is 4. The molecule has 0 aliphatic rings. The van der Waals surface area contributed by atoms with Crippen molar-refractivity contribution in [3.63, 3.8) is 0 Å².